The molecular weight excluding hydrogens is 428 g/mol. The third-order valence-corrected chi connectivity index (χ3v) is 5.88. The topological polar surface area (TPSA) is 67.9 Å². The van der Waals surface area contributed by atoms with E-state index >= 15 is 0 Å². The Morgan fingerprint density at radius 1 is 0.882 bits per heavy atom. The summed E-state index contributed by atoms with van der Waals surface area (Å²) in [4.78, 5) is 28.0. The Balaban J connectivity index is 1.84. The lowest BCUT2D eigenvalue weighted by Crippen LogP contribution is -2.34. The summed E-state index contributed by atoms with van der Waals surface area (Å²) in [7, 11) is 1.59. The van der Waals surface area contributed by atoms with E-state index in [1.54, 1.807) is 31.4 Å². The average molecular weight is 465 g/mol. The highest BCUT2D eigenvalue weighted by atomic mass is 16.5. The molecule has 6 nitrogen and oxygen atoms in total. The van der Waals surface area contributed by atoms with Crippen LogP contribution in [-0.4, -0.2) is 43.6 Å². The van der Waals surface area contributed by atoms with Crippen LogP contribution in [0.1, 0.15) is 58.1 Å². The minimum Gasteiger partial charge on any atom is -0.497 e. The molecule has 1 N–H and O–H groups in total. The SMILES string of the molecule is CCCCOCCCN1C(=O)C(Nc2ccc(C(C)(C)C)cc2)=C(c2ccc(OC)cc2)C1=O. The van der Waals surface area contributed by atoms with E-state index in [9.17, 15) is 9.59 Å². The van der Waals surface area contributed by atoms with Gasteiger partial charge in [0, 0.05) is 25.4 Å². The summed E-state index contributed by atoms with van der Waals surface area (Å²) in [5.74, 6) is 0.0799. The molecule has 0 radical (unpaired) electrons. The second-order valence-electron chi connectivity index (χ2n) is 9.51. The van der Waals surface area contributed by atoms with Crippen LogP contribution in [0.5, 0.6) is 5.75 Å². The first-order chi connectivity index (χ1) is 16.3. The fraction of sp³-hybridized carbons (Fsp3) is 0.429. The molecule has 6 heteroatoms. The lowest BCUT2D eigenvalue weighted by molar-refractivity contribution is -0.137. The molecule has 1 heterocycles. The van der Waals surface area contributed by atoms with Crippen molar-refractivity contribution >= 4 is 23.1 Å². The second-order valence-corrected chi connectivity index (χ2v) is 9.51. The van der Waals surface area contributed by atoms with Crippen LogP contribution in [0.2, 0.25) is 0 Å². The molecule has 1 aliphatic heterocycles. The number of nitrogens with zero attached hydrogens (tertiary/aromatic N) is 1. The summed E-state index contributed by atoms with van der Waals surface area (Å²) in [6, 6.07) is 15.2. The number of unbranched alkanes of at least 4 members (excludes halogenated alkanes) is 1. The zero-order valence-corrected chi connectivity index (χ0v) is 20.9. The third kappa shape index (κ3) is 6.06. The highest BCUT2D eigenvalue weighted by Gasteiger charge is 2.38. The maximum absolute atomic E-state index is 13.4. The first-order valence-corrected chi connectivity index (χ1v) is 12.0. The van der Waals surface area contributed by atoms with Crippen molar-refractivity contribution in [1.29, 1.82) is 0 Å². The van der Waals surface area contributed by atoms with Gasteiger partial charge < -0.3 is 14.8 Å². The summed E-state index contributed by atoms with van der Waals surface area (Å²) in [5, 5.41) is 3.23. The number of nitrogens with one attached hydrogen (secondary N) is 1. The molecule has 0 bridgehead atoms. The van der Waals surface area contributed by atoms with Crippen molar-refractivity contribution in [3.05, 3.63) is 65.4 Å². The first kappa shape index (κ1) is 25.5. The minimum atomic E-state index is -0.315. The molecule has 182 valence electrons. The van der Waals surface area contributed by atoms with E-state index in [2.05, 4.69) is 33.0 Å². The second kappa shape index (κ2) is 11.3. The Labute approximate surface area is 202 Å². The normalized spacial score (nSPS) is 14.2. The predicted molar refractivity (Wildman–Crippen MR) is 136 cm³/mol. The average Bonchev–Trinajstić information content (AvgIpc) is 3.05. The Bertz CT molecular complexity index is 1020. The molecule has 3 rings (SSSR count). The number of imide groups is 1. The van der Waals surface area contributed by atoms with Crippen LogP contribution in [0.15, 0.2) is 54.2 Å². The van der Waals surface area contributed by atoms with Gasteiger partial charge in [0.05, 0.1) is 12.7 Å². The molecule has 0 unspecified atom stereocenters. The maximum Gasteiger partial charge on any atom is 0.278 e. The van der Waals surface area contributed by atoms with Crippen LogP contribution in [0, 0.1) is 0 Å². The van der Waals surface area contributed by atoms with Gasteiger partial charge >= 0.3 is 0 Å². The molecule has 34 heavy (non-hydrogen) atoms. The summed E-state index contributed by atoms with van der Waals surface area (Å²) in [6.45, 7) is 10.1. The highest BCUT2D eigenvalue weighted by molar-refractivity contribution is 6.36. The van der Waals surface area contributed by atoms with Crippen LogP contribution < -0.4 is 10.1 Å². The molecule has 0 aromatic heterocycles. The van der Waals surface area contributed by atoms with Crippen LogP contribution in [0.3, 0.4) is 0 Å². The largest absolute Gasteiger partial charge is 0.497 e. The molecule has 0 aliphatic carbocycles. The van der Waals surface area contributed by atoms with Crippen molar-refractivity contribution in [2.75, 3.05) is 32.2 Å². The highest BCUT2D eigenvalue weighted by Crippen LogP contribution is 2.32. The zero-order chi connectivity index (χ0) is 24.7. The van der Waals surface area contributed by atoms with Crippen LogP contribution in [0.25, 0.3) is 5.57 Å². The molecule has 2 aromatic carbocycles. The number of carbonyl (C=O) groups is 2. The Kier molecular flexibility index (Phi) is 8.51. The predicted octanol–water partition coefficient (Wildman–Crippen LogP) is 5.39. The molecule has 0 atom stereocenters. The quantitative estimate of drug-likeness (QED) is 0.357. The summed E-state index contributed by atoms with van der Waals surface area (Å²) >= 11 is 0. The molecule has 2 aromatic rings. The Morgan fingerprint density at radius 3 is 2.12 bits per heavy atom. The van der Waals surface area contributed by atoms with E-state index in [1.807, 2.05) is 24.3 Å². The van der Waals surface area contributed by atoms with E-state index in [0.717, 1.165) is 18.5 Å². The first-order valence-electron chi connectivity index (χ1n) is 12.0. The fourth-order valence-electron chi connectivity index (χ4n) is 3.79. The minimum absolute atomic E-state index is 0.0290. The summed E-state index contributed by atoms with van der Waals surface area (Å²) < 4.78 is 10.9. The number of anilines is 1. The lowest BCUT2D eigenvalue weighted by atomic mass is 9.87. The Morgan fingerprint density at radius 2 is 1.53 bits per heavy atom. The van der Waals surface area contributed by atoms with Crippen molar-refractivity contribution in [2.24, 2.45) is 0 Å². The zero-order valence-electron chi connectivity index (χ0n) is 20.9. The van der Waals surface area contributed by atoms with Gasteiger partial charge in [0.1, 0.15) is 11.4 Å². The van der Waals surface area contributed by atoms with Gasteiger partial charge in [0.2, 0.25) is 0 Å². The van der Waals surface area contributed by atoms with Crippen LogP contribution >= 0.6 is 0 Å². The number of amides is 2. The van der Waals surface area contributed by atoms with Crippen molar-refractivity contribution < 1.29 is 19.1 Å². The number of hydrogen-bond donors (Lipinski definition) is 1. The number of rotatable bonds is 11. The van der Waals surface area contributed by atoms with Gasteiger partial charge in [-0.1, -0.05) is 58.4 Å². The van der Waals surface area contributed by atoms with Gasteiger partial charge in [-0.15, -0.1) is 0 Å². The standard InChI is InChI=1S/C28H36N2O4/c1-6-7-18-34-19-8-17-30-26(31)24(20-9-15-23(33-5)16-10-20)25(27(30)32)29-22-13-11-21(12-14-22)28(2,3)4/h9-16,29H,6-8,17-19H2,1-5H3. The van der Waals surface area contributed by atoms with Crippen molar-refractivity contribution in [3.63, 3.8) is 0 Å². The molecule has 0 saturated carbocycles. The molecule has 0 spiro atoms. The van der Waals surface area contributed by atoms with Gasteiger partial charge in [0.15, 0.2) is 0 Å². The van der Waals surface area contributed by atoms with Gasteiger partial charge in [-0.25, -0.2) is 0 Å². The Hall–Kier alpha value is -3.12. The van der Waals surface area contributed by atoms with E-state index in [0.29, 0.717) is 48.8 Å². The van der Waals surface area contributed by atoms with Gasteiger partial charge in [-0.3, -0.25) is 14.5 Å². The smallest absolute Gasteiger partial charge is 0.278 e. The number of ether oxygens (including phenoxy) is 2. The van der Waals surface area contributed by atoms with Crippen molar-refractivity contribution in [3.8, 4) is 5.75 Å². The summed E-state index contributed by atoms with van der Waals surface area (Å²) in [6.07, 6.45) is 2.68. The molecule has 0 saturated heterocycles. The van der Waals surface area contributed by atoms with Crippen molar-refractivity contribution in [1.82, 2.24) is 4.90 Å². The monoisotopic (exact) mass is 464 g/mol. The molecule has 0 fully saturated rings. The lowest BCUT2D eigenvalue weighted by Gasteiger charge is -2.19. The summed E-state index contributed by atoms with van der Waals surface area (Å²) in [5.41, 5.74) is 3.34. The van der Waals surface area contributed by atoms with Crippen LogP contribution in [-0.2, 0) is 19.7 Å². The number of hydrogen-bond acceptors (Lipinski definition) is 5. The molecule has 1 aliphatic rings. The maximum atomic E-state index is 13.4. The number of methoxy groups -OCH3 is 1. The van der Waals surface area contributed by atoms with Gasteiger partial charge in [-0.05, 0) is 53.6 Å². The van der Waals surface area contributed by atoms with E-state index in [-0.39, 0.29) is 17.2 Å². The molecular formula is C28H36N2O4. The molecule has 2 amide bonds. The van der Waals surface area contributed by atoms with E-state index < -0.39 is 0 Å². The number of benzene rings is 2. The fourth-order valence-corrected chi connectivity index (χ4v) is 3.79. The van der Waals surface area contributed by atoms with Crippen LogP contribution in [0.4, 0.5) is 5.69 Å². The number of carbonyl (C=O) groups excluding carboxylic acids is 2. The van der Waals surface area contributed by atoms with Gasteiger partial charge in [-0.2, -0.15) is 0 Å². The van der Waals surface area contributed by atoms with Crippen molar-refractivity contribution in [2.45, 2.75) is 52.4 Å². The van der Waals surface area contributed by atoms with E-state index in [4.69, 9.17) is 9.47 Å². The van der Waals surface area contributed by atoms with Gasteiger partial charge in [0.25, 0.3) is 11.8 Å². The van der Waals surface area contributed by atoms with E-state index in [1.165, 1.54) is 10.5 Å². The third-order valence-electron chi connectivity index (χ3n) is 5.88.